The van der Waals surface area contributed by atoms with Gasteiger partial charge in [-0.15, -0.1) is 0 Å². The number of hydrogen-bond acceptors (Lipinski definition) is 4. The second kappa shape index (κ2) is 7.17. The first kappa shape index (κ1) is 16.9. The van der Waals surface area contributed by atoms with Gasteiger partial charge in [0.25, 0.3) is 0 Å². The number of rotatable bonds is 5. The normalized spacial score (nSPS) is 11.3. The molecule has 1 aromatic heterocycles. The third-order valence-electron chi connectivity index (χ3n) is 3.07. The van der Waals surface area contributed by atoms with Crippen molar-refractivity contribution in [2.45, 2.75) is 32.8 Å². The van der Waals surface area contributed by atoms with Crippen LogP contribution >= 0.6 is 0 Å². The summed E-state index contributed by atoms with van der Waals surface area (Å²) in [7, 11) is 0. The summed E-state index contributed by atoms with van der Waals surface area (Å²) in [4.78, 5) is 23.1. The van der Waals surface area contributed by atoms with Gasteiger partial charge in [0.05, 0.1) is 12.8 Å². The van der Waals surface area contributed by atoms with E-state index in [1.54, 1.807) is 27.0 Å². The SMILES string of the molecule is CC(C)(C)OC(=O)NCC(=O)NCCc1coc2ccccc12. The van der Waals surface area contributed by atoms with Gasteiger partial charge in [0.15, 0.2) is 0 Å². The maximum absolute atomic E-state index is 11.7. The lowest BCUT2D eigenvalue weighted by molar-refractivity contribution is -0.120. The maximum Gasteiger partial charge on any atom is 0.408 e. The van der Waals surface area contributed by atoms with Crippen molar-refractivity contribution in [1.82, 2.24) is 10.6 Å². The van der Waals surface area contributed by atoms with Crippen LogP contribution in [0.2, 0.25) is 0 Å². The number of para-hydroxylation sites is 1. The number of fused-ring (bicyclic) bond motifs is 1. The summed E-state index contributed by atoms with van der Waals surface area (Å²) in [6.45, 7) is 5.66. The van der Waals surface area contributed by atoms with E-state index in [0.717, 1.165) is 16.5 Å². The standard InChI is InChI=1S/C17H22N2O4/c1-17(2,3)23-16(21)19-10-15(20)18-9-8-12-11-22-14-7-5-4-6-13(12)14/h4-7,11H,8-10H2,1-3H3,(H,18,20)(H,19,21). The average molecular weight is 318 g/mol. The fourth-order valence-electron chi connectivity index (χ4n) is 2.09. The van der Waals surface area contributed by atoms with Crippen molar-refractivity contribution in [3.8, 4) is 0 Å². The number of carbonyl (C=O) groups is 2. The molecule has 0 spiro atoms. The quantitative estimate of drug-likeness (QED) is 0.888. The molecule has 6 heteroatoms. The Morgan fingerprint density at radius 1 is 1.17 bits per heavy atom. The molecular formula is C17H22N2O4. The molecule has 1 heterocycles. The van der Waals surface area contributed by atoms with Crippen LogP contribution in [-0.4, -0.2) is 30.7 Å². The number of amides is 2. The predicted molar refractivity (Wildman–Crippen MR) is 87.2 cm³/mol. The molecule has 0 aliphatic rings. The van der Waals surface area contributed by atoms with Crippen LogP contribution in [0.3, 0.4) is 0 Å². The highest BCUT2D eigenvalue weighted by Crippen LogP contribution is 2.20. The number of furan rings is 1. The molecule has 0 aliphatic carbocycles. The van der Waals surface area contributed by atoms with Gasteiger partial charge >= 0.3 is 6.09 Å². The van der Waals surface area contributed by atoms with Crippen LogP contribution in [0.1, 0.15) is 26.3 Å². The number of alkyl carbamates (subject to hydrolysis) is 1. The first-order valence-electron chi connectivity index (χ1n) is 7.54. The smallest absolute Gasteiger partial charge is 0.408 e. The highest BCUT2D eigenvalue weighted by atomic mass is 16.6. The molecule has 0 saturated carbocycles. The Morgan fingerprint density at radius 2 is 1.91 bits per heavy atom. The zero-order valence-electron chi connectivity index (χ0n) is 13.6. The fourth-order valence-corrected chi connectivity index (χ4v) is 2.09. The van der Waals surface area contributed by atoms with E-state index in [0.29, 0.717) is 13.0 Å². The average Bonchev–Trinajstić information content (AvgIpc) is 2.87. The van der Waals surface area contributed by atoms with Gasteiger partial charge in [0.2, 0.25) is 5.91 Å². The van der Waals surface area contributed by atoms with Crippen molar-refractivity contribution in [1.29, 1.82) is 0 Å². The highest BCUT2D eigenvalue weighted by molar-refractivity contribution is 5.83. The fraction of sp³-hybridized carbons (Fsp3) is 0.412. The Balaban J connectivity index is 1.72. The lowest BCUT2D eigenvalue weighted by Crippen LogP contribution is -2.40. The molecule has 0 saturated heterocycles. The molecule has 0 unspecified atom stereocenters. The number of hydrogen-bond donors (Lipinski definition) is 2. The van der Waals surface area contributed by atoms with E-state index in [2.05, 4.69) is 10.6 Å². The summed E-state index contributed by atoms with van der Waals surface area (Å²) in [6.07, 6.45) is 1.76. The van der Waals surface area contributed by atoms with Gasteiger partial charge in [-0.1, -0.05) is 18.2 Å². The summed E-state index contributed by atoms with van der Waals surface area (Å²) < 4.78 is 10.5. The first-order valence-corrected chi connectivity index (χ1v) is 7.54. The van der Waals surface area contributed by atoms with Gasteiger partial charge in [0, 0.05) is 11.9 Å². The zero-order valence-corrected chi connectivity index (χ0v) is 13.6. The van der Waals surface area contributed by atoms with Crippen LogP contribution in [0.25, 0.3) is 11.0 Å². The largest absolute Gasteiger partial charge is 0.464 e. The summed E-state index contributed by atoms with van der Waals surface area (Å²) in [6, 6.07) is 7.76. The molecule has 0 radical (unpaired) electrons. The van der Waals surface area contributed by atoms with Crippen molar-refractivity contribution in [2.75, 3.05) is 13.1 Å². The summed E-state index contributed by atoms with van der Waals surface area (Å²) in [5.74, 6) is -0.261. The Hall–Kier alpha value is -2.50. The molecular weight excluding hydrogens is 296 g/mol. The van der Waals surface area contributed by atoms with Crippen LogP contribution in [0, 0.1) is 0 Å². The van der Waals surface area contributed by atoms with Crippen molar-refractivity contribution in [3.63, 3.8) is 0 Å². The number of nitrogens with one attached hydrogen (secondary N) is 2. The minimum Gasteiger partial charge on any atom is -0.464 e. The van der Waals surface area contributed by atoms with Crippen LogP contribution in [0.5, 0.6) is 0 Å². The monoisotopic (exact) mass is 318 g/mol. The van der Waals surface area contributed by atoms with E-state index >= 15 is 0 Å². The van der Waals surface area contributed by atoms with Crippen molar-refractivity contribution in [3.05, 3.63) is 36.1 Å². The Bertz CT molecular complexity index is 685. The van der Waals surface area contributed by atoms with Gasteiger partial charge in [0.1, 0.15) is 11.2 Å². The van der Waals surface area contributed by atoms with Gasteiger partial charge in [-0.2, -0.15) is 0 Å². The Morgan fingerprint density at radius 3 is 2.65 bits per heavy atom. The third kappa shape index (κ3) is 5.32. The van der Waals surface area contributed by atoms with E-state index < -0.39 is 11.7 Å². The summed E-state index contributed by atoms with van der Waals surface area (Å²) in [5, 5.41) is 6.22. The van der Waals surface area contributed by atoms with Crippen LogP contribution in [0.4, 0.5) is 4.79 Å². The highest BCUT2D eigenvalue weighted by Gasteiger charge is 2.16. The Kier molecular flexibility index (Phi) is 5.26. The minimum atomic E-state index is -0.603. The van der Waals surface area contributed by atoms with Crippen molar-refractivity contribution in [2.24, 2.45) is 0 Å². The molecule has 6 nitrogen and oxygen atoms in total. The molecule has 124 valence electrons. The minimum absolute atomic E-state index is 0.110. The number of carbonyl (C=O) groups excluding carboxylic acids is 2. The second-order valence-corrected chi connectivity index (χ2v) is 6.21. The molecule has 0 atom stereocenters. The van der Waals surface area contributed by atoms with Gasteiger partial charge in [-0.05, 0) is 38.8 Å². The Labute approximate surface area is 135 Å². The van der Waals surface area contributed by atoms with Crippen molar-refractivity contribution >= 4 is 23.0 Å². The molecule has 2 rings (SSSR count). The molecule has 2 N–H and O–H groups in total. The van der Waals surface area contributed by atoms with E-state index in [-0.39, 0.29) is 12.5 Å². The van der Waals surface area contributed by atoms with E-state index in [9.17, 15) is 9.59 Å². The molecule has 1 aromatic carbocycles. The topological polar surface area (TPSA) is 80.6 Å². The van der Waals surface area contributed by atoms with E-state index in [4.69, 9.17) is 9.15 Å². The van der Waals surface area contributed by atoms with E-state index in [1.165, 1.54) is 0 Å². The summed E-state index contributed by atoms with van der Waals surface area (Å²) >= 11 is 0. The van der Waals surface area contributed by atoms with Crippen LogP contribution in [-0.2, 0) is 16.0 Å². The lowest BCUT2D eigenvalue weighted by Gasteiger charge is -2.19. The lowest BCUT2D eigenvalue weighted by atomic mass is 10.1. The third-order valence-corrected chi connectivity index (χ3v) is 3.07. The predicted octanol–water partition coefficient (Wildman–Crippen LogP) is 2.62. The molecule has 2 aromatic rings. The summed E-state index contributed by atoms with van der Waals surface area (Å²) in [5.41, 5.74) is 1.30. The van der Waals surface area contributed by atoms with Crippen LogP contribution < -0.4 is 10.6 Å². The molecule has 0 bridgehead atoms. The van der Waals surface area contributed by atoms with E-state index in [1.807, 2.05) is 24.3 Å². The molecule has 2 amide bonds. The van der Waals surface area contributed by atoms with Gasteiger partial charge in [-0.25, -0.2) is 4.79 Å². The van der Waals surface area contributed by atoms with Crippen LogP contribution in [0.15, 0.2) is 34.9 Å². The molecule has 23 heavy (non-hydrogen) atoms. The second-order valence-electron chi connectivity index (χ2n) is 6.21. The van der Waals surface area contributed by atoms with Crippen molar-refractivity contribution < 1.29 is 18.7 Å². The maximum atomic E-state index is 11.7. The first-order chi connectivity index (χ1) is 10.8. The van der Waals surface area contributed by atoms with Gasteiger partial charge in [-0.3, -0.25) is 4.79 Å². The zero-order chi connectivity index (χ0) is 16.9. The molecule has 0 fully saturated rings. The van der Waals surface area contributed by atoms with Gasteiger partial charge < -0.3 is 19.8 Å². The molecule has 0 aliphatic heterocycles. The number of ether oxygens (including phenoxy) is 1. The number of benzene rings is 1.